The summed E-state index contributed by atoms with van der Waals surface area (Å²) in [5.41, 5.74) is 1.77. The van der Waals surface area contributed by atoms with Crippen molar-refractivity contribution in [1.82, 2.24) is 9.97 Å². The highest BCUT2D eigenvalue weighted by molar-refractivity contribution is 5.48. The molecule has 6 heteroatoms. The van der Waals surface area contributed by atoms with E-state index in [9.17, 15) is 5.11 Å². The van der Waals surface area contributed by atoms with Crippen LogP contribution in [0.2, 0.25) is 0 Å². The summed E-state index contributed by atoms with van der Waals surface area (Å²) in [6.45, 7) is 6.09. The van der Waals surface area contributed by atoms with E-state index in [0.717, 1.165) is 24.5 Å². The Kier molecular flexibility index (Phi) is 4.86. The third kappa shape index (κ3) is 4.46. The van der Waals surface area contributed by atoms with E-state index in [-0.39, 0.29) is 0 Å². The zero-order valence-corrected chi connectivity index (χ0v) is 11.6. The molecule has 0 spiro atoms. The van der Waals surface area contributed by atoms with Gasteiger partial charge in [-0.3, -0.25) is 0 Å². The Morgan fingerprint density at radius 2 is 2.11 bits per heavy atom. The van der Waals surface area contributed by atoms with Gasteiger partial charge in [0.1, 0.15) is 17.5 Å². The maximum Gasteiger partial charge on any atom is 0.145 e. The first-order valence-corrected chi connectivity index (χ1v) is 6.14. The van der Waals surface area contributed by atoms with E-state index < -0.39 is 5.60 Å². The first-order valence-electron chi connectivity index (χ1n) is 6.14. The number of nitrogens with two attached hydrogens (primary N) is 1. The standard InChI is InChI=1S/C12H23N5O/c1-5-6-9-14-10(16-13)7-11(15-9)17(4)8-12(2,3)18/h7,18H,5-6,8,13H2,1-4H3,(H,14,15,16). The fourth-order valence-electron chi connectivity index (χ4n) is 1.75. The van der Waals surface area contributed by atoms with E-state index in [1.165, 1.54) is 0 Å². The monoisotopic (exact) mass is 253 g/mol. The van der Waals surface area contributed by atoms with Gasteiger partial charge in [0.25, 0.3) is 0 Å². The number of aryl methyl sites for hydroxylation is 1. The van der Waals surface area contributed by atoms with Crippen LogP contribution in [-0.4, -0.2) is 34.3 Å². The van der Waals surface area contributed by atoms with Crippen molar-refractivity contribution in [2.45, 2.75) is 39.2 Å². The molecule has 0 aliphatic carbocycles. The van der Waals surface area contributed by atoms with Gasteiger partial charge >= 0.3 is 0 Å². The molecule has 0 radical (unpaired) electrons. The highest BCUT2D eigenvalue weighted by atomic mass is 16.3. The Bertz CT molecular complexity index is 389. The minimum absolute atomic E-state index is 0.486. The molecule has 0 unspecified atom stereocenters. The number of hydrazine groups is 1. The lowest BCUT2D eigenvalue weighted by molar-refractivity contribution is 0.0884. The molecule has 6 nitrogen and oxygen atoms in total. The van der Waals surface area contributed by atoms with Gasteiger partial charge in [0.05, 0.1) is 5.60 Å². The second kappa shape index (κ2) is 5.97. The summed E-state index contributed by atoms with van der Waals surface area (Å²) < 4.78 is 0. The molecule has 0 saturated heterocycles. The van der Waals surface area contributed by atoms with Gasteiger partial charge in [0.15, 0.2) is 0 Å². The van der Waals surface area contributed by atoms with Crippen molar-refractivity contribution in [3.63, 3.8) is 0 Å². The number of hydrogen-bond acceptors (Lipinski definition) is 6. The van der Waals surface area contributed by atoms with Gasteiger partial charge in [0, 0.05) is 26.1 Å². The molecule has 0 atom stereocenters. The van der Waals surface area contributed by atoms with Crippen LogP contribution < -0.4 is 16.2 Å². The van der Waals surface area contributed by atoms with Crippen molar-refractivity contribution in [3.8, 4) is 0 Å². The second-order valence-electron chi connectivity index (χ2n) is 5.09. The summed E-state index contributed by atoms with van der Waals surface area (Å²) in [6.07, 6.45) is 1.78. The second-order valence-corrected chi connectivity index (χ2v) is 5.09. The van der Waals surface area contributed by atoms with Crippen LogP contribution in [0.4, 0.5) is 11.6 Å². The normalized spacial score (nSPS) is 11.4. The van der Waals surface area contributed by atoms with E-state index in [1.54, 1.807) is 19.9 Å². The van der Waals surface area contributed by atoms with Crippen LogP contribution in [-0.2, 0) is 6.42 Å². The average Bonchev–Trinajstić information content (AvgIpc) is 2.26. The van der Waals surface area contributed by atoms with Gasteiger partial charge in [0.2, 0.25) is 0 Å². The lowest BCUT2D eigenvalue weighted by Gasteiger charge is -2.26. The highest BCUT2D eigenvalue weighted by Gasteiger charge is 2.17. The summed E-state index contributed by atoms with van der Waals surface area (Å²) in [7, 11) is 1.89. The highest BCUT2D eigenvalue weighted by Crippen LogP contribution is 2.17. The van der Waals surface area contributed by atoms with E-state index >= 15 is 0 Å². The summed E-state index contributed by atoms with van der Waals surface area (Å²) in [4.78, 5) is 10.6. The SMILES string of the molecule is CCCc1nc(NN)cc(N(C)CC(C)(C)O)n1. The molecule has 18 heavy (non-hydrogen) atoms. The summed E-state index contributed by atoms with van der Waals surface area (Å²) in [6, 6.07) is 1.77. The van der Waals surface area contributed by atoms with Crippen molar-refractivity contribution in [2.24, 2.45) is 5.84 Å². The smallest absolute Gasteiger partial charge is 0.145 e. The minimum Gasteiger partial charge on any atom is -0.389 e. The zero-order valence-electron chi connectivity index (χ0n) is 11.6. The van der Waals surface area contributed by atoms with Crippen LogP contribution in [0.5, 0.6) is 0 Å². The fourth-order valence-corrected chi connectivity index (χ4v) is 1.75. The molecule has 0 amide bonds. The van der Waals surface area contributed by atoms with Crippen LogP contribution in [0.25, 0.3) is 0 Å². The van der Waals surface area contributed by atoms with Crippen LogP contribution in [0.3, 0.4) is 0 Å². The Balaban J connectivity index is 2.96. The Morgan fingerprint density at radius 3 is 2.61 bits per heavy atom. The molecule has 4 N–H and O–H groups in total. The van der Waals surface area contributed by atoms with Crippen LogP contribution in [0, 0.1) is 0 Å². The molecule has 1 aromatic heterocycles. The molecule has 0 aliphatic heterocycles. The topological polar surface area (TPSA) is 87.3 Å². The van der Waals surface area contributed by atoms with Crippen molar-refractivity contribution in [3.05, 3.63) is 11.9 Å². The van der Waals surface area contributed by atoms with Gasteiger partial charge in [-0.05, 0) is 20.3 Å². The van der Waals surface area contributed by atoms with Crippen LogP contribution in [0.1, 0.15) is 33.0 Å². The number of nitrogen functional groups attached to an aromatic ring is 1. The number of nitrogens with one attached hydrogen (secondary N) is 1. The van der Waals surface area contributed by atoms with Crippen LogP contribution >= 0.6 is 0 Å². The van der Waals surface area contributed by atoms with Gasteiger partial charge in [-0.15, -0.1) is 0 Å². The van der Waals surface area contributed by atoms with Crippen molar-refractivity contribution in [2.75, 3.05) is 23.9 Å². The molecule has 0 fully saturated rings. The molecular formula is C12H23N5O. The van der Waals surface area contributed by atoms with E-state index in [2.05, 4.69) is 22.3 Å². The number of rotatable bonds is 6. The van der Waals surface area contributed by atoms with Crippen LogP contribution in [0.15, 0.2) is 6.07 Å². The largest absolute Gasteiger partial charge is 0.389 e. The predicted molar refractivity (Wildman–Crippen MR) is 73.4 cm³/mol. The number of hydrogen-bond donors (Lipinski definition) is 3. The number of nitrogens with zero attached hydrogens (tertiary/aromatic N) is 3. The van der Waals surface area contributed by atoms with Gasteiger partial charge in [-0.1, -0.05) is 6.92 Å². The van der Waals surface area contributed by atoms with Gasteiger partial charge in [-0.2, -0.15) is 0 Å². The average molecular weight is 253 g/mol. The number of aliphatic hydroxyl groups is 1. The molecule has 1 aromatic rings. The van der Waals surface area contributed by atoms with Crippen molar-refractivity contribution >= 4 is 11.6 Å². The van der Waals surface area contributed by atoms with E-state index in [0.29, 0.717) is 12.4 Å². The maximum absolute atomic E-state index is 9.82. The third-order valence-electron chi connectivity index (χ3n) is 2.40. The molecule has 0 bridgehead atoms. The first kappa shape index (κ1) is 14.7. The van der Waals surface area contributed by atoms with Gasteiger partial charge in [-0.25, -0.2) is 15.8 Å². The quantitative estimate of drug-likeness (QED) is 0.516. The molecule has 1 heterocycles. The predicted octanol–water partition coefficient (Wildman–Crippen LogP) is 0.922. The molecule has 1 rings (SSSR count). The Labute approximate surface area is 108 Å². The molecule has 0 aliphatic rings. The molecule has 0 aromatic carbocycles. The fraction of sp³-hybridized carbons (Fsp3) is 0.667. The Hall–Kier alpha value is -1.40. The zero-order chi connectivity index (χ0) is 13.8. The van der Waals surface area contributed by atoms with E-state index in [1.807, 2.05) is 11.9 Å². The summed E-state index contributed by atoms with van der Waals surface area (Å²) >= 11 is 0. The number of likely N-dealkylation sites (N-methyl/N-ethyl adjacent to an activating group) is 1. The number of aromatic nitrogens is 2. The number of anilines is 2. The lowest BCUT2D eigenvalue weighted by Crippen LogP contribution is -2.36. The van der Waals surface area contributed by atoms with Crippen molar-refractivity contribution < 1.29 is 5.11 Å². The van der Waals surface area contributed by atoms with E-state index in [4.69, 9.17) is 5.84 Å². The lowest BCUT2D eigenvalue weighted by atomic mass is 10.1. The molecule has 0 saturated carbocycles. The first-order chi connectivity index (χ1) is 8.35. The third-order valence-corrected chi connectivity index (χ3v) is 2.40. The summed E-state index contributed by atoms with van der Waals surface area (Å²) in [5.74, 6) is 7.50. The molecular weight excluding hydrogens is 230 g/mol. The Morgan fingerprint density at radius 1 is 1.44 bits per heavy atom. The maximum atomic E-state index is 9.82. The summed E-state index contributed by atoms with van der Waals surface area (Å²) in [5, 5.41) is 9.82. The minimum atomic E-state index is -0.777. The molecule has 102 valence electrons. The van der Waals surface area contributed by atoms with Gasteiger partial charge < -0.3 is 15.4 Å². The van der Waals surface area contributed by atoms with Crippen molar-refractivity contribution in [1.29, 1.82) is 0 Å².